The molecule has 5 heteroatoms. The summed E-state index contributed by atoms with van der Waals surface area (Å²) in [6.45, 7) is 2.69. The molecule has 3 aromatic rings. The van der Waals surface area contributed by atoms with Crippen LogP contribution in [0.4, 0.5) is 4.39 Å². The van der Waals surface area contributed by atoms with Crippen molar-refractivity contribution in [2.24, 2.45) is 0 Å². The maximum atomic E-state index is 13.2. The SMILES string of the molecule is Cc1nnc(SCc2cccc(F)c2)n1Cc1ccccc1. The minimum atomic E-state index is -0.208. The van der Waals surface area contributed by atoms with Gasteiger partial charge < -0.3 is 4.57 Å². The van der Waals surface area contributed by atoms with Gasteiger partial charge in [-0.05, 0) is 30.2 Å². The summed E-state index contributed by atoms with van der Waals surface area (Å²) in [6.07, 6.45) is 0. The second-order valence-electron chi connectivity index (χ2n) is 5.02. The van der Waals surface area contributed by atoms with E-state index in [0.717, 1.165) is 23.1 Å². The number of aromatic nitrogens is 3. The van der Waals surface area contributed by atoms with E-state index in [2.05, 4.69) is 26.9 Å². The van der Waals surface area contributed by atoms with Crippen LogP contribution < -0.4 is 0 Å². The van der Waals surface area contributed by atoms with Crippen molar-refractivity contribution in [2.45, 2.75) is 24.4 Å². The van der Waals surface area contributed by atoms with Crippen LogP contribution in [0.25, 0.3) is 0 Å². The minimum Gasteiger partial charge on any atom is -0.302 e. The van der Waals surface area contributed by atoms with Gasteiger partial charge in [0, 0.05) is 5.75 Å². The quantitative estimate of drug-likeness (QED) is 0.665. The number of rotatable bonds is 5. The molecule has 112 valence electrons. The zero-order valence-corrected chi connectivity index (χ0v) is 13.1. The first-order chi connectivity index (χ1) is 10.7. The van der Waals surface area contributed by atoms with E-state index in [-0.39, 0.29) is 5.82 Å². The van der Waals surface area contributed by atoms with E-state index >= 15 is 0 Å². The fourth-order valence-electron chi connectivity index (χ4n) is 2.19. The normalized spacial score (nSPS) is 10.8. The van der Waals surface area contributed by atoms with Crippen LogP contribution in [0, 0.1) is 12.7 Å². The smallest absolute Gasteiger partial charge is 0.191 e. The van der Waals surface area contributed by atoms with Crippen LogP contribution in [0.3, 0.4) is 0 Å². The van der Waals surface area contributed by atoms with Crippen molar-refractivity contribution < 1.29 is 4.39 Å². The van der Waals surface area contributed by atoms with Gasteiger partial charge in [0.25, 0.3) is 0 Å². The van der Waals surface area contributed by atoms with Gasteiger partial charge in [-0.1, -0.05) is 54.2 Å². The average Bonchev–Trinajstić information content (AvgIpc) is 2.87. The summed E-state index contributed by atoms with van der Waals surface area (Å²) >= 11 is 1.57. The Kier molecular flexibility index (Phi) is 4.53. The molecule has 1 aromatic heterocycles. The Morgan fingerprint density at radius 3 is 2.55 bits per heavy atom. The zero-order chi connectivity index (χ0) is 15.4. The summed E-state index contributed by atoms with van der Waals surface area (Å²) in [6, 6.07) is 16.9. The highest BCUT2D eigenvalue weighted by molar-refractivity contribution is 7.98. The lowest BCUT2D eigenvalue weighted by molar-refractivity contribution is 0.626. The molecule has 0 spiro atoms. The third-order valence-corrected chi connectivity index (χ3v) is 4.38. The Bertz CT molecular complexity index is 756. The van der Waals surface area contributed by atoms with Crippen LogP contribution in [0.5, 0.6) is 0 Å². The van der Waals surface area contributed by atoms with Crippen molar-refractivity contribution in [3.05, 3.63) is 77.4 Å². The van der Waals surface area contributed by atoms with Gasteiger partial charge in [-0.2, -0.15) is 0 Å². The van der Waals surface area contributed by atoms with E-state index in [1.54, 1.807) is 23.9 Å². The zero-order valence-electron chi connectivity index (χ0n) is 12.2. The fraction of sp³-hybridized carbons (Fsp3) is 0.176. The fourth-order valence-corrected chi connectivity index (χ4v) is 3.12. The number of nitrogens with zero attached hydrogens (tertiary/aromatic N) is 3. The molecule has 0 N–H and O–H groups in total. The topological polar surface area (TPSA) is 30.7 Å². The van der Waals surface area contributed by atoms with Crippen LogP contribution in [-0.2, 0) is 12.3 Å². The standard InChI is InChI=1S/C17H16FN3S/c1-13-19-20-17(21(13)11-14-6-3-2-4-7-14)22-12-15-8-5-9-16(18)10-15/h2-10H,11-12H2,1H3. The molecule has 0 radical (unpaired) electrons. The van der Waals surface area contributed by atoms with Crippen molar-refractivity contribution >= 4 is 11.8 Å². The molecule has 0 unspecified atom stereocenters. The lowest BCUT2D eigenvalue weighted by Gasteiger charge is -2.08. The molecule has 0 saturated heterocycles. The van der Waals surface area contributed by atoms with Crippen molar-refractivity contribution in [2.75, 3.05) is 0 Å². The number of thioether (sulfide) groups is 1. The van der Waals surface area contributed by atoms with Gasteiger partial charge in [0.1, 0.15) is 11.6 Å². The largest absolute Gasteiger partial charge is 0.302 e. The van der Waals surface area contributed by atoms with Crippen LogP contribution in [-0.4, -0.2) is 14.8 Å². The highest BCUT2D eigenvalue weighted by Gasteiger charge is 2.10. The molecular weight excluding hydrogens is 297 g/mol. The van der Waals surface area contributed by atoms with Gasteiger partial charge in [0.05, 0.1) is 6.54 Å². The van der Waals surface area contributed by atoms with Gasteiger partial charge in [-0.15, -0.1) is 10.2 Å². The summed E-state index contributed by atoms with van der Waals surface area (Å²) in [5.41, 5.74) is 2.15. The van der Waals surface area contributed by atoms with Crippen molar-refractivity contribution in [3.63, 3.8) is 0 Å². The number of benzene rings is 2. The summed E-state index contributed by atoms with van der Waals surface area (Å²) in [5, 5.41) is 9.24. The van der Waals surface area contributed by atoms with Crippen molar-refractivity contribution in [1.29, 1.82) is 0 Å². The second-order valence-corrected chi connectivity index (χ2v) is 5.96. The molecule has 3 nitrogen and oxygen atoms in total. The number of aryl methyl sites for hydroxylation is 1. The molecule has 0 bridgehead atoms. The predicted octanol–water partition coefficient (Wildman–Crippen LogP) is 4.07. The van der Waals surface area contributed by atoms with E-state index in [1.807, 2.05) is 31.2 Å². The van der Waals surface area contributed by atoms with E-state index in [4.69, 9.17) is 0 Å². The Morgan fingerprint density at radius 2 is 1.77 bits per heavy atom. The molecule has 1 heterocycles. The molecule has 0 amide bonds. The second kappa shape index (κ2) is 6.75. The molecule has 0 aliphatic heterocycles. The molecule has 3 rings (SSSR count). The first-order valence-corrected chi connectivity index (χ1v) is 8.02. The van der Waals surface area contributed by atoms with Gasteiger partial charge in [0.2, 0.25) is 0 Å². The molecule has 0 fully saturated rings. The highest BCUT2D eigenvalue weighted by atomic mass is 32.2. The van der Waals surface area contributed by atoms with Gasteiger partial charge >= 0.3 is 0 Å². The first kappa shape index (κ1) is 14.8. The monoisotopic (exact) mass is 313 g/mol. The Labute approximate surface area is 133 Å². The van der Waals surface area contributed by atoms with Gasteiger partial charge in [0.15, 0.2) is 5.16 Å². The van der Waals surface area contributed by atoms with Gasteiger partial charge in [-0.3, -0.25) is 0 Å². The van der Waals surface area contributed by atoms with Gasteiger partial charge in [-0.25, -0.2) is 4.39 Å². The van der Waals surface area contributed by atoms with E-state index in [0.29, 0.717) is 5.75 Å². The Morgan fingerprint density at radius 1 is 1.00 bits per heavy atom. The predicted molar refractivity (Wildman–Crippen MR) is 86.3 cm³/mol. The Hall–Kier alpha value is -2.14. The molecule has 0 atom stereocenters. The number of halogens is 1. The molecule has 0 saturated carbocycles. The van der Waals surface area contributed by atoms with Crippen LogP contribution in [0.2, 0.25) is 0 Å². The van der Waals surface area contributed by atoms with Crippen LogP contribution in [0.15, 0.2) is 59.8 Å². The highest BCUT2D eigenvalue weighted by Crippen LogP contribution is 2.23. The minimum absolute atomic E-state index is 0.208. The third-order valence-electron chi connectivity index (χ3n) is 3.34. The molecule has 0 aliphatic rings. The summed E-state index contributed by atoms with van der Waals surface area (Å²) < 4.78 is 15.3. The van der Waals surface area contributed by atoms with E-state index in [9.17, 15) is 4.39 Å². The van der Waals surface area contributed by atoms with E-state index < -0.39 is 0 Å². The molecular formula is C17H16FN3S. The lowest BCUT2D eigenvalue weighted by Crippen LogP contribution is -2.03. The summed E-state index contributed by atoms with van der Waals surface area (Å²) in [4.78, 5) is 0. The number of hydrogen-bond acceptors (Lipinski definition) is 3. The molecule has 0 aliphatic carbocycles. The molecule has 22 heavy (non-hydrogen) atoms. The van der Waals surface area contributed by atoms with Crippen LogP contribution in [0.1, 0.15) is 17.0 Å². The lowest BCUT2D eigenvalue weighted by atomic mass is 10.2. The summed E-state index contributed by atoms with van der Waals surface area (Å²) in [7, 11) is 0. The summed E-state index contributed by atoms with van der Waals surface area (Å²) in [5.74, 6) is 1.34. The maximum Gasteiger partial charge on any atom is 0.191 e. The first-order valence-electron chi connectivity index (χ1n) is 7.03. The van der Waals surface area contributed by atoms with Crippen LogP contribution >= 0.6 is 11.8 Å². The molecule has 2 aromatic carbocycles. The third kappa shape index (κ3) is 3.54. The van der Waals surface area contributed by atoms with Crippen molar-refractivity contribution in [1.82, 2.24) is 14.8 Å². The maximum absolute atomic E-state index is 13.2. The number of hydrogen-bond donors (Lipinski definition) is 0. The Balaban J connectivity index is 1.74. The average molecular weight is 313 g/mol. The van der Waals surface area contributed by atoms with Crippen molar-refractivity contribution in [3.8, 4) is 0 Å². The van der Waals surface area contributed by atoms with E-state index in [1.165, 1.54) is 11.6 Å².